The van der Waals surface area contributed by atoms with Crippen molar-refractivity contribution in [3.05, 3.63) is 29.3 Å². The van der Waals surface area contributed by atoms with E-state index in [1.165, 1.54) is 36.8 Å². The molecule has 2 aliphatic carbocycles. The fourth-order valence-corrected chi connectivity index (χ4v) is 4.30. The first-order chi connectivity index (χ1) is 9.18. The van der Waals surface area contributed by atoms with Crippen LogP contribution in [0.1, 0.15) is 49.7 Å². The first-order valence-electron chi connectivity index (χ1n) is 7.45. The molecule has 0 aliphatic heterocycles. The molecule has 0 heterocycles. The number of aryl methyl sites for hydroxylation is 1. The number of aliphatic hydroxyl groups excluding tert-OH is 1. The van der Waals surface area contributed by atoms with Gasteiger partial charge >= 0.3 is 0 Å². The summed E-state index contributed by atoms with van der Waals surface area (Å²) in [6.45, 7) is 2.60. The van der Waals surface area contributed by atoms with Crippen molar-refractivity contribution < 1.29 is 9.84 Å². The molecule has 1 aromatic carbocycles. The van der Waals surface area contributed by atoms with Crippen molar-refractivity contribution in [2.75, 3.05) is 13.7 Å². The average Bonchev–Trinajstić information content (AvgIpc) is 2.46. The number of methoxy groups -OCH3 is 1. The minimum Gasteiger partial charge on any atom is -0.497 e. The monoisotopic (exact) mass is 260 g/mol. The molecule has 3 rings (SSSR count). The number of hydrogen-bond donors (Lipinski definition) is 1. The van der Waals surface area contributed by atoms with E-state index in [2.05, 4.69) is 25.1 Å². The molecule has 1 aromatic rings. The molecule has 1 fully saturated rings. The fraction of sp³-hybridized carbons (Fsp3) is 0.647. The number of hydrogen-bond acceptors (Lipinski definition) is 2. The first kappa shape index (κ1) is 13.0. The first-order valence-corrected chi connectivity index (χ1v) is 7.45. The van der Waals surface area contributed by atoms with Crippen LogP contribution in [0, 0.1) is 11.3 Å². The van der Waals surface area contributed by atoms with Crippen molar-refractivity contribution in [1.82, 2.24) is 0 Å². The lowest BCUT2D eigenvalue weighted by atomic mass is 9.57. The molecule has 0 bridgehead atoms. The lowest BCUT2D eigenvalue weighted by Gasteiger charge is -2.48. The summed E-state index contributed by atoms with van der Waals surface area (Å²) in [6, 6.07) is 6.54. The van der Waals surface area contributed by atoms with E-state index in [-0.39, 0.29) is 5.41 Å². The molecule has 0 radical (unpaired) electrons. The van der Waals surface area contributed by atoms with E-state index in [1.54, 1.807) is 7.11 Å². The Morgan fingerprint density at radius 3 is 2.95 bits per heavy atom. The van der Waals surface area contributed by atoms with Crippen LogP contribution in [0.15, 0.2) is 18.2 Å². The van der Waals surface area contributed by atoms with Gasteiger partial charge in [0.25, 0.3) is 0 Å². The van der Waals surface area contributed by atoms with Gasteiger partial charge in [-0.15, -0.1) is 0 Å². The minimum absolute atomic E-state index is 0.115. The highest BCUT2D eigenvalue weighted by atomic mass is 16.5. The SMILES string of the molecule is COc1ccc2c(c1)C1CCC[C@@](C)(CO)C1CC2. The van der Waals surface area contributed by atoms with Gasteiger partial charge in [-0.25, -0.2) is 0 Å². The zero-order valence-electron chi connectivity index (χ0n) is 12.0. The highest BCUT2D eigenvalue weighted by Gasteiger charge is 2.44. The van der Waals surface area contributed by atoms with Crippen LogP contribution in [-0.2, 0) is 6.42 Å². The molecule has 0 aromatic heterocycles. The van der Waals surface area contributed by atoms with Gasteiger partial charge in [0.1, 0.15) is 5.75 Å². The molecule has 104 valence electrons. The largest absolute Gasteiger partial charge is 0.497 e. The minimum atomic E-state index is 0.115. The second-order valence-corrected chi connectivity index (χ2v) is 6.52. The topological polar surface area (TPSA) is 29.5 Å². The molecule has 0 saturated heterocycles. The van der Waals surface area contributed by atoms with Crippen LogP contribution in [0.5, 0.6) is 5.75 Å². The maximum Gasteiger partial charge on any atom is 0.119 e. The molecule has 2 nitrogen and oxygen atoms in total. The van der Waals surface area contributed by atoms with Gasteiger partial charge in [-0.05, 0) is 66.2 Å². The molecular formula is C17H24O2. The number of aliphatic hydroxyl groups is 1. The van der Waals surface area contributed by atoms with Crippen molar-refractivity contribution in [1.29, 1.82) is 0 Å². The van der Waals surface area contributed by atoms with Crippen LogP contribution in [0.4, 0.5) is 0 Å². The summed E-state index contributed by atoms with van der Waals surface area (Å²) >= 11 is 0. The number of ether oxygens (including phenoxy) is 1. The Hall–Kier alpha value is -1.02. The average molecular weight is 260 g/mol. The maximum absolute atomic E-state index is 9.81. The second-order valence-electron chi connectivity index (χ2n) is 6.52. The summed E-state index contributed by atoms with van der Waals surface area (Å²) < 4.78 is 5.39. The third-order valence-electron chi connectivity index (χ3n) is 5.48. The summed E-state index contributed by atoms with van der Waals surface area (Å²) in [7, 11) is 1.74. The van der Waals surface area contributed by atoms with E-state index in [4.69, 9.17) is 4.74 Å². The van der Waals surface area contributed by atoms with Gasteiger partial charge in [0.2, 0.25) is 0 Å². The van der Waals surface area contributed by atoms with Gasteiger partial charge in [-0.3, -0.25) is 0 Å². The Balaban J connectivity index is 1.99. The third-order valence-corrected chi connectivity index (χ3v) is 5.48. The fourth-order valence-electron chi connectivity index (χ4n) is 4.30. The van der Waals surface area contributed by atoms with Crippen molar-refractivity contribution in [3.63, 3.8) is 0 Å². The number of rotatable bonds is 2. The molecule has 1 N–H and O–H groups in total. The third kappa shape index (κ3) is 2.06. The molecule has 3 atom stereocenters. The standard InChI is InChI=1S/C17H24O2/c1-17(11-18)9-3-4-14-15-10-13(19-2)7-5-12(15)6-8-16(14)17/h5,7,10,14,16,18H,3-4,6,8-9,11H2,1-2H3/t14?,16?,17-/m0/s1. The van der Waals surface area contributed by atoms with E-state index in [1.807, 2.05) is 0 Å². The van der Waals surface area contributed by atoms with Crippen molar-refractivity contribution in [2.45, 2.75) is 44.9 Å². The Bertz CT molecular complexity index is 468. The van der Waals surface area contributed by atoms with Crippen molar-refractivity contribution >= 4 is 0 Å². The van der Waals surface area contributed by atoms with Crippen LogP contribution in [0.25, 0.3) is 0 Å². The van der Waals surface area contributed by atoms with Crippen LogP contribution in [0.3, 0.4) is 0 Å². The molecule has 2 heteroatoms. The zero-order valence-corrected chi connectivity index (χ0v) is 12.0. The summed E-state index contributed by atoms with van der Waals surface area (Å²) in [6.07, 6.45) is 6.04. The normalized spacial score (nSPS) is 33.4. The van der Waals surface area contributed by atoms with Crippen molar-refractivity contribution in [2.24, 2.45) is 11.3 Å². The van der Waals surface area contributed by atoms with Gasteiger partial charge in [0, 0.05) is 6.61 Å². The lowest BCUT2D eigenvalue weighted by Crippen LogP contribution is -2.41. The molecule has 19 heavy (non-hydrogen) atoms. The van der Waals surface area contributed by atoms with E-state index in [9.17, 15) is 5.11 Å². The highest BCUT2D eigenvalue weighted by molar-refractivity contribution is 5.40. The number of benzene rings is 1. The summed E-state index contributed by atoms with van der Waals surface area (Å²) in [5, 5.41) is 9.81. The Kier molecular flexibility index (Phi) is 3.30. The van der Waals surface area contributed by atoms with Crippen molar-refractivity contribution in [3.8, 4) is 5.75 Å². The zero-order chi connectivity index (χ0) is 13.5. The van der Waals surface area contributed by atoms with Gasteiger partial charge in [-0.2, -0.15) is 0 Å². The van der Waals surface area contributed by atoms with Gasteiger partial charge < -0.3 is 9.84 Å². The summed E-state index contributed by atoms with van der Waals surface area (Å²) in [5.41, 5.74) is 3.09. The number of fused-ring (bicyclic) bond motifs is 3. The molecule has 2 unspecified atom stereocenters. The highest BCUT2D eigenvalue weighted by Crippen LogP contribution is 2.53. The summed E-state index contributed by atoms with van der Waals surface area (Å²) in [5.74, 6) is 2.21. The van der Waals surface area contributed by atoms with Gasteiger partial charge in [0.15, 0.2) is 0 Å². The predicted octanol–water partition coefficient (Wildman–Crippen LogP) is 3.52. The van der Waals surface area contributed by atoms with Gasteiger partial charge in [0.05, 0.1) is 7.11 Å². The van der Waals surface area contributed by atoms with Crippen LogP contribution >= 0.6 is 0 Å². The molecular weight excluding hydrogens is 236 g/mol. The Labute approximate surface area is 115 Å². The maximum atomic E-state index is 9.81. The smallest absolute Gasteiger partial charge is 0.119 e. The Morgan fingerprint density at radius 1 is 1.37 bits per heavy atom. The van der Waals surface area contributed by atoms with E-state index in [0.29, 0.717) is 18.4 Å². The van der Waals surface area contributed by atoms with E-state index in [0.717, 1.165) is 12.2 Å². The van der Waals surface area contributed by atoms with Crippen LogP contribution in [-0.4, -0.2) is 18.8 Å². The quantitative estimate of drug-likeness (QED) is 0.881. The molecule has 2 aliphatic rings. The molecule has 0 amide bonds. The van der Waals surface area contributed by atoms with Crippen LogP contribution in [0.2, 0.25) is 0 Å². The lowest BCUT2D eigenvalue weighted by molar-refractivity contribution is 0.0178. The Morgan fingerprint density at radius 2 is 2.21 bits per heavy atom. The predicted molar refractivity (Wildman–Crippen MR) is 76.6 cm³/mol. The molecule has 0 spiro atoms. The van der Waals surface area contributed by atoms with E-state index >= 15 is 0 Å². The van der Waals surface area contributed by atoms with E-state index < -0.39 is 0 Å². The second kappa shape index (κ2) is 4.82. The van der Waals surface area contributed by atoms with Gasteiger partial charge in [-0.1, -0.05) is 19.4 Å². The summed E-state index contributed by atoms with van der Waals surface area (Å²) in [4.78, 5) is 0. The molecule has 1 saturated carbocycles. The van der Waals surface area contributed by atoms with Crippen LogP contribution < -0.4 is 4.74 Å².